The molecule has 19 heavy (non-hydrogen) atoms. The normalized spacial score (nSPS) is 12.1. The van der Waals surface area contributed by atoms with Crippen LogP contribution in [-0.4, -0.2) is 37.8 Å². The Morgan fingerprint density at radius 3 is 2.63 bits per heavy atom. The highest BCUT2D eigenvalue weighted by atomic mass is 16.5. The summed E-state index contributed by atoms with van der Waals surface area (Å²) in [5.74, 6) is -0.101. The van der Waals surface area contributed by atoms with E-state index >= 15 is 0 Å². The number of nitrogens with zero attached hydrogens (tertiary/aromatic N) is 1. The Morgan fingerprint density at radius 2 is 2.11 bits per heavy atom. The molecule has 0 fully saturated rings. The summed E-state index contributed by atoms with van der Waals surface area (Å²) in [7, 11) is 3.52. The molecule has 1 aromatic carbocycles. The Bertz CT molecular complexity index is 460. The number of hydrogen-bond acceptors (Lipinski definition) is 4. The van der Waals surface area contributed by atoms with E-state index in [2.05, 4.69) is 6.07 Å². The highest BCUT2D eigenvalue weighted by molar-refractivity contribution is 5.68. The second-order valence-corrected chi connectivity index (χ2v) is 4.87. The molecule has 0 aliphatic carbocycles. The maximum absolute atomic E-state index is 10.6. The minimum atomic E-state index is -0.881. The Kier molecular flexibility index (Phi) is 5.18. The van der Waals surface area contributed by atoms with Gasteiger partial charge >= 0.3 is 5.97 Å². The zero-order chi connectivity index (χ0) is 14.6. The average molecular weight is 266 g/mol. The lowest BCUT2D eigenvalue weighted by molar-refractivity contribution is -0.137. The van der Waals surface area contributed by atoms with Gasteiger partial charge < -0.3 is 20.5 Å². The number of benzene rings is 1. The van der Waals surface area contributed by atoms with E-state index < -0.39 is 12.0 Å². The zero-order valence-electron chi connectivity index (χ0n) is 11.9. The summed E-state index contributed by atoms with van der Waals surface area (Å²) in [4.78, 5) is 12.6. The van der Waals surface area contributed by atoms with E-state index in [0.29, 0.717) is 6.54 Å². The number of carboxylic acids is 1. The monoisotopic (exact) mass is 266 g/mol. The highest BCUT2D eigenvalue weighted by Crippen LogP contribution is 2.32. The third-order valence-electron chi connectivity index (χ3n) is 2.96. The van der Waals surface area contributed by atoms with Gasteiger partial charge in [-0.2, -0.15) is 0 Å². The van der Waals surface area contributed by atoms with Crippen molar-refractivity contribution in [2.45, 2.75) is 26.3 Å². The van der Waals surface area contributed by atoms with Crippen LogP contribution in [0.25, 0.3) is 0 Å². The molecule has 0 aromatic heterocycles. The predicted octanol–water partition coefficient (Wildman–Crippen LogP) is 1.55. The third-order valence-corrected chi connectivity index (χ3v) is 2.96. The van der Waals surface area contributed by atoms with Crippen LogP contribution in [0.3, 0.4) is 0 Å². The molecule has 0 aliphatic heterocycles. The lowest BCUT2D eigenvalue weighted by Gasteiger charge is -2.26. The highest BCUT2D eigenvalue weighted by Gasteiger charge is 2.16. The van der Waals surface area contributed by atoms with E-state index in [9.17, 15) is 4.79 Å². The predicted molar refractivity (Wildman–Crippen MR) is 76.0 cm³/mol. The maximum atomic E-state index is 10.6. The molecule has 0 saturated carbocycles. The molecule has 1 rings (SSSR count). The summed E-state index contributed by atoms with van der Waals surface area (Å²) >= 11 is 0. The minimum Gasteiger partial charge on any atom is -0.495 e. The van der Waals surface area contributed by atoms with E-state index in [4.69, 9.17) is 15.6 Å². The van der Waals surface area contributed by atoms with Gasteiger partial charge in [-0.15, -0.1) is 0 Å². The fourth-order valence-electron chi connectivity index (χ4n) is 2.30. The molecular weight excluding hydrogens is 244 g/mol. The van der Waals surface area contributed by atoms with Crippen molar-refractivity contribution >= 4 is 11.7 Å². The summed E-state index contributed by atoms with van der Waals surface area (Å²) in [5, 5.41) is 8.74. The summed E-state index contributed by atoms with van der Waals surface area (Å²) < 4.78 is 5.39. The standard InChI is InChI=1S/C14H22N2O3/c1-9-5-10(2)14(12(6-9)19-4)16(3)8-11(15)7-13(17)18/h5-6,11H,7-8,15H2,1-4H3,(H,17,18). The topological polar surface area (TPSA) is 75.8 Å². The van der Waals surface area contributed by atoms with E-state index in [1.807, 2.05) is 31.9 Å². The summed E-state index contributed by atoms with van der Waals surface area (Å²) in [6, 6.07) is 3.62. The van der Waals surface area contributed by atoms with Crippen LogP contribution in [-0.2, 0) is 4.79 Å². The molecule has 0 radical (unpaired) electrons. The van der Waals surface area contributed by atoms with E-state index in [1.54, 1.807) is 7.11 Å². The van der Waals surface area contributed by atoms with Crippen molar-refractivity contribution in [2.24, 2.45) is 5.73 Å². The quantitative estimate of drug-likeness (QED) is 0.817. The summed E-state index contributed by atoms with van der Waals surface area (Å²) in [6.07, 6.45) is -0.0441. The van der Waals surface area contributed by atoms with Crippen molar-refractivity contribution < 1.29 is 14.6 Å². The van der Waals surface area contributed by atoms with Crippen molar-refractivity contribution in [3.63, 3.8) is 0 Å². The number of aryl methyl sites for hydroxylation is 2. The average Bonchev–Trinajstić information content (AvgIpc) is 2.25. The number of nitrogens with two attached hydrogens (primary N) is 1. The summed E-state index contributed by atoms with van der Waals surface area (Å²) in [5.41, 5.74) is 8.99. The van der Waals surface area contributed by atoms with Crippen LogP contribution in [0, 0.1) is 13.8 Å². The molecule has 0 aliphatic rings. The first-order valence-corrected chi connectivity index (χ1v) is 6.19. The largest absolute Gasteiger partial charge is 0.495 e. The number of anilines is 1. The van der Waals surface area contributed by atoms with Gasteiger partial charge in [0, 0.05) is 19.6 Å². The van der Waals surface area contributed by atoms with Crippen molar-refractivity contribution in [2.75, 3.05) is 25.6 Å². The molecule has 0 saturated heterocycles. The van der Waals surface area contributed by atoms with Gasteiger partial charge in [0.25, 0.3) is 0 Å². The number of methoxy groups -OCH3 is 1. The molecule has 0 heterocycles. The Labute approximate surface area is 114 Å². The van der Waals surface area contributed by atoms with E-state index in [-0.39, 0.29) is 6.42 Å². The number of hydrogen-bond donors (Lipinski definition) is 2. The lowest BCUT2D eigenvalue weighted by atomic mass is 10.1. The van der Waals surface area contributed by atoms with Gasteiger partial charge in [0.2, 0.25) is 0 Å². The summed E-state index contributed by atoms with van der Waals surface area (Å²) in [6.45, 7) is 4.48. The molecule has 5 nitrogen and oxygen atoms in total. The van der Waals surface area contributed by atoms with Crippen LogP contribution in [0.5, 0.6) is 5.75 Å². The minimum absolute atomic E-state index is 0.0441. The molecular formula is C14H22N2O3. The van der Waals surface area contributed by atoms with Crippen molar-refractivity contribution in [3.05, 3.63) is 23.3 Å². The number of rotatable bonds is 6. The van der Waals surface area contributed by atoms with Crippen LogP contribution in [0.1, 0.15) is 17.5 Å². The molecule has 1 aromatic rings. The van der Waals surface area contributed by atoms with Crippen LogP contribution >= 0.6 is 0 Å². The van der Waals surface area contributed by atoms with Gasteiger partial charge in [0.15, 0.2) is 0 Å². The van der Waals surface area contributed by atoms with E-state index in [1.165, 1.54) is 0 Å². The molecule has 0 spiro atoms. The van der Waals surface area contributed by atoms with Gasteiger partial charge in [-0.3, -0.25) is 4.79 Å². The fourth-order valence-corrected chi connectivity index (χ4v) is 2.30. The number of carbonyl (C=O) groups is 1. The maximum Gasteiger partial charge on any atom is 0.304 e. The molecule has 0 amide bonds. The Balaban J connectivity index is 2.92. The van der Waals surface area contributed by atoms with Gasteiger partial charge in [-0.25, -0.2) is 0 Å². The zero-order valence-corrected chi connectivity index (χ0v) is 11.9. The number of likely N-dealkylation sites (N-methyl/N-ethyl adjacent to an activating group) is 1. The second kappa shape index (κ2) is 6.43. The number of ether oxygens (including phenoxy) is 1. The Morgan fingerprint density at radius 1 is 1.47 bits per heavy atom. The second-order valence-electron chi connectivity index (χ2n) is 4.87. The molecule has 1 unspecified atom stereocenters. The smallest absolute Gasteiger partial charge is 0.304 e. The van der Waals surface area contributed by atoms with Crippen molar-refractivity contribution in [3.8, 4) is 5.75 Å². The van der Waals surface area contributed by atoms with Crippen LogP contribution in [0.15, 0.2) is 12.1 Å². The van der Waals surface area contributed by atoms with Gasteiger partial charge in [0.1, 0.15) is 5.75 Å². The van der Waals surface area contributed by atoms with E-state index in [0.717, 1.165) is 22.6 Å². The number of aliphatic carboxylic acids is 1. The van der Waals surface area contributed by atoms with Gasteiger partial charge in [-0.05, 0) is 31.0 Å². The molecule has 0 bridgehead atoms. The van der Waals surface area contributed by atoms with Gasteiger partial charge in [-0.1, -0.05) is 6.07 Å². The SMILES string of the molecule is COc1cc(C)cc(C)c1N(C)CC(N)CC(=O)O. The molecule has 1 atom stereocenters. The van der Waals surface area contributed by atoms with Crippen molar-refractivity contribution in [1.82, 2.24) is 0 Å². The first-order valence-electron chi connectivity index (χ1n) is 6.19. The molecule has 5 heteroatoms. The Hall–Kier alpha value is -1.75. The van der Waals surface area contributed by atoms with Crippen LogP contribution < -0.4 is 15.4 Å². The van der Waals surface area contributed by atoms with Crippen LogP contribution in [0.4, 0.5) is 5.69 Å². The molecule has 106 valence electrons. The first-order chi connectivity index (χ1) is 8.85. The van der Waals surface area contributed by atoms with Gasteiger partial charge in [0.05, 0.1) is 19.2 Å². The first kappa shape index (κ1) is 15.3. The van der Waals surface area contributed by atoms with Crippen molar-refractivity contribution in [1.29, 1.82) is 0 Å². The third kappa shape index (κ3) is 4.13. The lowest BCUT2D eigenvalue weighted by Crippen LogP contribution is -2.37. The fraction of sp³-hybridized carbons (Fsp3) is 0.500. The molecule has 3 N–H and O–H groups in total. The number of carboxylic acid groups (broad SMARTS) is 1. The van der Waals surface area contributed by atoms with Crippen LogP contribution in [0.2, 0.25) is 0 Å².